The molecule has 0 unspecified atom stereocenters. The number of amides is 1. The summed E-state index contributed by atoms with van der Waals surface area (Å²) in [5.74, 6) is 0.957. The van der Waals surface area contributed by atoms with E-state index >= 15 is 0 Å². The molecule has 0 bridgehead atoms. The van der Waals surface area contributed by atoms with Crippen LogP contribution in [0.1, 0.15) is 36.0 Å². The van der Waals surface area contributed by atoms with E-state index in [0.29, 0.717) is 6.41 Å². The van der Waals surface area contributed by atoms with Gasteiger partial charge in [-0.15, -0.1) is 0 Å². The minimum atomic E-state index is 0.671. The highest BCUT2D eigenvalue weighted by atomic mass is 16.3. The summed E-state index contributed by atoms with van der Waals surface area (Å²) in [6, 6.07) is 22.8. The van der Waals surface area contributed by atoms with Crippen molar-refractivity contribution in [1.82, 2.24) is 0 Å². The molecule has 4 nitrogen and oxygen atoms in total. The Morgan fingerprint density at radius 3 is 2.24 bits per heavy atom. The van der Waals surface area contributed by atoms with Crippen LogP contribution < -0.4 is 10.2 Å². The summed E-state index contributed by atoms with van der Waals surface area (Å²) in [4.78, 5) is 12.5. The molecule has 0 atom stereocenters. The number of nitrogens with zero attached hydrogens (tertiary/aromatic N) is 1. The van der Waals surface area contributed by atoms with Gasteiger partial charge in [-0.05, 0) is 94.1 Å². The molecule has 4 heteroatoms. The zero-order valence-corrected chi connectivity index (χ0v) is 19.7. The molecule has 1 fully saturated rings. The number of hydrogen-bond donors (Lipinski definition) is 1. The lowest BCUT2D eigenvalue weighted by atomic mass is 10.0. The van der Waals surface area contributed by atoms with Crippen LogP contribution in [0.4, 0.5) is 11.4 Å². The molecule has 1 saturated heterocycles. The van der Waals surface area contributed by atoms with Crippen LogP contribution >= 0.6 is 0 Å². The first-order valence-corrected chi connectivity index (χ1v) is 11.7. The summed E-state index contributed by atoms with van der Waals surface area (Å²) in [6.07, 6.45) is 4.66. The number of hydrogen-bond acceptors (Lipinski definition) is 3. The maximum Gasteiger partial charge on any atom is 0.211 e. The Morgan fingerprint density at radius 1 is 0.818 bits per heavy atom. The predicted octanol–water partition coefficient (Wildman–Crippen LogP) is 7.27. The second-order valence-electron chi connectivity index (χ2n) is 8.83. The molecule has 4 aromatic rings. The number of furan rings is 1. The van der Waals surface area contributed by atoms with Gasteiger partial charge in [0.25, 0.3) is 0 Å². The predicted molar refractivity (Wildman–Crippen MR) is 138 cm³/mol. The molecule has 1 aromatic heterocycles. The molecular formula is C29H32N2O2. The maximum atomic E-state index is 9.95. The molecule has 0 aliphatic carbocycles. The molecular weight excluding hydrogens is 408 g/mol. The number of aryl methyl sites for hydroxylation is 3. The molecule has 0 saturated carbocycles. The molecule has 5 rings (SSSR count). The number of anilines is 2. The quantitative estimate of drug-likeness (QED) is 0.339. The van der Waals surface area contributed by atoms with Crippen LogP contribution in [-0.4, -0.2) is 19.5 Å². The van der Waals surface area contributed by atoms with Crippen molar-refractivity contribution in [1.29, 1.82) is 0 Å². The van der Waals surface area contributed by atoms with Crippen molar-refractivity contribution in [3.63, 3.8) is 0 Å². The van der Waals surface area contributed by atoms with E-state index in [1.165, 1.54) is 60.1 Å². The van der Waals surface area contributed by atoms with E-state index in [1.54, 1.807) is 0 Å². The smallest absolute Gasteiger partial charge is 0.211 e. The Hall–Kier alpha value is -3.53. The molecule has 2 heterocycles. The number of fused-ring (bicyclic) bond motifs is 1. The van der Waals surface area contributed by atoms with Gasteiger partial charge in [-0.3, -0.25) is 4.79 Å². The van der Waals surface area contributed by atoms with Crippen molar-refractivity contribution < 1.29 is 9.21 Å². The third kappa shape index (κ3) is 5.64. The minimum Gasteiger partial charge on any atom is -0.456 e. The summed E-state index contributed by atoms with van der Waals surface area (Å²) in [7, 11) is 0. The number of piperidine rings is 1. The number of carbonyl (C=O) groups is 1. The molecule has 1 amide bonds. The lowest BCUT2D eigenvalue weighted by Gasteiger charge is -2.30. The van der Waals surface area contributed by atoms with Crippen molar-refractivity contribution in [3.8, 4) is 11.3 Å². The molecule has 1 aliphatic heterocycles. The third-order valence-corrected chi connectivity index (χ3v) is 6.13. The van der Waals surface area contributed by atoms with Gasteiger partial charge in [-0.2, -0.15) is 0 Å². The monoisotopic (exact) mass is 440 g/mol. The van der Waals surface area contributed by atoms with E-state index in [0.717, 1.165) is 22.6 Å². The zero-order valence-electron chi connectivity index (χ0n) is 19.7. The van der Waals surface area contributed by atoms with Gasteiger partial charge >= 0.3 is 0 Å². The molecule has 170 valence electrons. The Bertz CT molecular complexity index is 1220. The second kappa shape index (κ2) is 10.4. The van der Waals surface area contributed by atoms with Crippen LogP contribution in [0.5, 0.6) is 0 Å². The van der Waals surface area contributed by atoms with E-state index < -0.39 is 0 Å². The maximum absolute atomic E-state index is 9.95. The first kappa shape index (κ1) is 22.7. The summed E-state index contributed by atoms with van der Waals surface area (Å²) < 4.78 is 6.04. The Balaban J connectivity index is 0.000000219. The number of rotatable bonds is 4. The summed E-state index contributed by atoms with van der Waals surface area (Å²) >= 11 is 0. The average molecular weight is 441 g/mol. The van der Waals surface area contributed by atoms with Gasteiger partial charge in [0, 0.05) is 35.4 Å². The van der Waals surface area contributed by atoms with E-state index in [9.17, 15) is 4.79 Å². The standard InChI is InChI=1S/C21H23NO.C8H9NO/c1-15-6-9-20-18(12-15)14-21(23-20)17-7-8-19(16(2)13-17)22-10-4-3-5-11-22;1-7-2-4-8(5-3-7)9-6-10/h6-9,12-14H,3-5,10-11H2,1-2H3;2-6H,1H3,(H,9,10). The van der Waals surface area contributed by atoms with Crippen LogP contribution in [0.25, 0.3) is 22.3 Å². The van der Waals surface area contributed by atoms with Gasteiger partial charge in [0.1, 0.15) is 11.3 Å². The fourth-order valence-corrected chi connectivity index (χ4v) is 4.32. The van der Waals surface area contributed by atoms with Crippen molar-refractivity contribution in [2.45, 2.75) is 40.0 Å². The summed E-state index contributed by atoms with van der Waals surface area (Å²) in [6.45, 7) is 8.70. The minimum absolute atomic E-state index is 0.671. The number of carbonyl (C=O) groups excluding carboxylic acids is 1. The largest absolute Gasteiger partial charge is 0.456 e. The SMILES string of the molecule is Cc1ccc(NC=O)cc1.Cc1ccc2oc(-c3ccc(N4CCCCC4)c(C)c3)cc2c1. The third-order valence-electron chi connectivity index (χ3n) is 6.13. The highest BCUT2D eigenvalue weighted by molar-refractivity contribution is 5.84. The normalized spacial score (nSPS) is 13.4. The Morgan fingerprint density at radius 2 is 1.55 bits per heavy atom. The lowest BCUT2D eigenvalue weighted by Crippen LogP contribution is -2.29. The van der Waals surface area contributed by atoms with E-state index in [-0.39, 0.29) is 0 Å². The highest BCUT2D eigenvalue weighted by Crippen LogP contribution is 2.32. The molecule has 3 aromatic carbocycles. The zero-order chi connectivity index (χ0) is 23.2. The van der Waals surface area contributed by atoms with Crippen LogP contribution in [-0.2, 0) is 4.79 Å². The van der Waals surface area contributed by atoms with E-state index in [1.807, 2.05) is 31.2 Å². The summed E-state index contributed by atoms with van der Waals surface area (Å²) in [5, 5.41) is 3.73. The number of benzene rings is 3. The van der Waals surface area contributed by atoms with E-state index in [2.05, 4.69) is 66.5 Å². The molecule has 0 spiro atoms. The highest BCUT2D eigenvalue weighted by Gasteiger charge is 2.14. The first-order chi connectivity index (χ1) is 16.0. The van der Waals surface area contributed by atoms with Crippen molar-refractivity contribution in [2.75, 3.05) is 23.3 Å². The fraction of sp³-hybridized carbons (Fsp3) is 0.276. The molecule has 0 radical (unpaired) electrons. The van der Waals surface area contributed by atoms with Crippen molar-refractivity contribution >= 4 is 28.8 Å². The first-order valence-electron chi connectivity index (χ1n) is 11.7. The fourth-order valence-electron chi connectivity index (χ4n) is 4.32. The topological polar surface area (TPSA) is 45.5 Å². The molecule has 33 heavy (non-hydrogen) atoms. The Labute approximate surface area is 196 Å². The molecule has 1 N–H and O–H groups in total. The lowest BCUT2D eigenvalue weighted by molar-refractivity contribution is -0.105. The van der Waals surface area contributed by atoms with Gasteiger partial charge in [0.05, 0.1) is 0 Å². The van der Waals surface area contributed by atoms with Crippen LogP contribution in [0.2, 0.25) is 0 Å². The van der Waals surface area contributed by atoms with Gasteiger partial charge in [-0.1, -0.05) is 29.3 Å². The van der Waals surface area contributed by atoms with E-state index in [4.69, 9.17) is 4.42 Å². The second-order valence-corrected chi connectivity index (χ2v) is 8.83. The van der Waals surface area contributed by atoms with Gasteiger partial charge in [0.15, 0.2) is 0 Å². The van der Waals surface area contributed by atoms with Gasteiger partial charge in [-0.25, -0.2) is 0 Å². The number of nitrogens with one attached hydrogen (secondary N) is 1. The van der Waals surface area contributed by atoms with Crippen molar-refractivity contribution in [3.05, 3.63) is 83.4 Å². The molecule has 1 aliphatic rings. The summed E-state index contributed by atoms with van der Waals surface area (Å²) in [5.41, 5.74) is 8.13. The van der Waals surface area contributed by atoms with Gasteiger partial charge in [0.2, 0.25) is 6.41 Å². The van der Waals surface area contributed by atoms with Crippen LogP contribution in [0.3, 0.4) is 0 Å². The van der Waals surface area contributed by atoms with Crippen LogP contribution in [0, 0.1) is 20.8 Å². The average Bonchev–Trinajstić information content (AvgIpc) is 3.25. The van der Waals surface area contributed by atoms with Crippen molar-refractivity contribution in [2.24, 2.45) is 0 Å². The van der Waals surface area contributed by atoms with Gasteiger partial charge < -0.3 is 14.6 Å². The Kier molecular flexibility index (Phi) is 7.13. The van der Waals surface area contributed by atoms with Crippen LogP contribution in [0.15, 0.2) is 71.1 Å².